The van der Waals surface area contributed by atoms with Crippen LogP contribution in [0, 0.1) is 0 Å². The predicted molar refractivity (Wildman–Crippen MR) is 101 cm³/mol. The third-order valence-corrected chi connectivity index (χ3v) is 5.97. The van der Waals surface area contributed by atoms with Crippen molar-refractivity contribution in [3.8, 4) is 0 Å². The monoisotopic (exact) mass is 330 g/mol. The van der Waals surface area contributed by atoms with Crippen molar-refractivity contribution in [3.05, 3.63) is 53.3 Å². The van der Waals surface area contributed by atoms with E-state index >= 15 is 0 Å². The Labute approximate surface area is 141 Å². The van der Waals surface area contributed by atoms with E-state index in [1.807, 2.05) is 25.4 Å². The first-order valence-electron chi connectivity index (χ1n) is 8.47. The average Bonchev–Trinajstić information content (AvgIpc) is 2.95. The van der Waals surface area contributed by atoms with E-state index in [2.05, 4.69) is 61.5 Å². The van der Waals surface area contributed by atoms with Crippen molar-refractivity contribution in [2.75, 3.05) is 4.57 Å². The highest BCUT2D eigenvalue weighted by atomic mass is 28.4. The maximum Gasteiger partial charge on any atom is 0.292 e. The van der Waals surface area contributed by atoms with Crippen LogP contribution in [0.3, 0.4) is 0 Å². The van der Waals surface area contributed by atoms with Crippen LogP contribution in [-0.2, 0) is 6.54 Å². The summed E-state index contributed by atoms with van der Waals surface area (Å²) in [5, 5.41) is 0. The Kier molecular flexibility index (Phi) is 5.37. The van der Waals surface area contributed by atoms with Gasteiger partial charge in [0.1, 0.15) is 0 Å². The highest BCUT2D eigenvalue weighted by molar-refractivity contribution is 6.73. The molecule has 0 atom stereocenters. The van der Waals surface area contributed by atoms with Gasteiger partial charge in [-0.15, -0.1) is 0 Å². The Hall–Kier alpha value is -1.52. The molecule has 0 bridgehead atoms. The van der Waals surface area contributed by atoms with Gasteiger partial charge in [0.2, 0.25) is 0 Å². The molecule has 0 radical (unpaired) electrons. The maximum atomic E-state index is 11.0. The average molecular weight is 331 g/mol. The Morgan fingerprint density at radius 3 is 1.96 bits per heavy atom. The van der Waals surface area contributed by atoms with Crippen molar-refractivity contribution in [1.29, 1.82) is 0 Å². The van der Waals surface area contributed by atoms with Gasteiger partial charge in [-0.05, 0) is 48.2 Å². The van der Waals surface area contributed by atoms with Crippen molar-refractivity contribution in [2.24, 2.45) is 0 Å². The molecule has 126 valence electrons. The summed E-state index contributed by atoms with van der Waals surface area (Å²) in [5.41, 5.74) is 4.99. The van der Waals surface area contributed by atoms with E-state index in [1.54, 1.807) is 0 Å². The SMILES string of the molecule is CC(C)c1cccc(C(C)C)c1N(Cc1ccc[nH]1)[Si](C)(C)O. The van der Waals surface area contributed by atoms with E-state index in [1.165, 1.54) is 16.8 Å². The molecule has 3 nitrogen and oxygen atoms in total. The first-order chi connectivity index (χ1) is 10.7. The summed E-state index contributed by atoms with van der Waals surface area (Å²) in [6, 6.07) is 10.6. The molecule has 1 aromatic carbocycles. The third kappa shape index (κ3) is 4.06. The van der Waals surface area contributed by atoms with Gasteiger partial charge in [0, 0.05) is 17.6 Å². The van der Waals surface area contributed by atoms with E-state index < -0.39 is 8.48 Å². The van der Waals surface area contributed by atoms with E-state index in [-0.39, 0.29) is 0 Å². The van der Waals surface area contributed by atoms with Crippen LogP contribution in [0.4, 0.5) is 5.69 Å². The lowest BCUT2D eigenvalue weighted by molar-refractivity contribution is 0.538. The molecule has 0 saturated heterocycles. The molecule has 0 aliphatic carbocycles. The van der Waals surface area contributed by atoms with Crippen molar-refractivity contribution in [3.63, 3.8) is 0 Å². The Balaban J connectivity index is 2.61. The van der Waals surface area contributed by atoms with Gasteiger partial charge in [-0.2, -0.15) is 0 Å². The number of nitrogens with one attached hydrogen (secondary N) is 1. The number of benzene rings is 1. The molecule has 0 saturated carbocycles. The fourth-order valence-electron chi connectivity index (χ4n) is 3.01. The Bertz CT molecular complexity index is 601. The van der Waals surface area contributed by atoms with E-state index in [9.17, 15) is 4.80 Å². The number of hydrogen-bond acceptors (Lipinski definition) is 2. The quantitative estimate of drug-likeness (QED) is 0.735. The molecule has 2 N–H and O–H groups in total. The normalized spacial score (nSPS) is 12.2. The Morgan fingerprint density at radius 1 is 1.00 bits per heavy atom. The summed E-state index contributed by atoms with van der Waals surface area (Å²) in [5.74, 6) is 0.845. The number of H-pyrrole nitrogens is 1. The molecule has 0 spiro atoms. The number of aromatic nitrogens is 1. The zero-order valence-electron chi connectivity index (χ0n) is 15.2. The molecule has 2 aromatic rings. The number of hydrogen-bond donors (Lipinski definition) is 2. The molecular weight excluding hydrogens is 300 g/mol. The van der Waals surface area contributed by atoms with Crippen LogP contribution in [-0.4, -0.2) is 18.3 Å². The topological polar surface area (TPSA) is 39.3 Å². The zero-order chi connectivity index (χ0) is 17.2. The molecule has 4 heteroatoms. The molecule has 0 aliphatic heterocycles. The molecule has 23 heavy (non-hydrogen) atoms. The molecule has 0 amide bonds. The van der Waals surface area contributed by atoms with Gasteiger partial charge in [0.25, 0.3) is 8.48 Å². The molecule has 0 aliphatic rings. The zero-order valence-corrected chi connectivity index (χ0v) is 16.2. The molecular formula is C19H30N2OSi. The van der Waals surface area contributed by atoms with Crippen molar-refractivity contribution >= 4 is 14.2 Å². The number of nitrogens with zero attached hydrogens (tertiary/aromatic N) is 1. The number of para-hydroxylation sites is 1. The first kappa shape index (κ1) is 17.8. The largest absolute Gasteiger partial charge is 0.415 e. The summed E-state index contributed by atoms with van der Waals surface area (Å²) < 4.78 is 2.25. The van der Waals surface area contributed by atoms with Crippen LogP contribution in [0.15, 0.2) is 36.5 Å². The number of rotatable bonds is 6. The molecule has 1 heterocycles. The summed E-state index contributed by atoms with van der Waals surface area (Å²) in [6.07, 6.45) is 1.94. The van der Waals surface area contributed by atoms with Gasteiger partial charge in [0.05, 0.1) is 6.54 Å². The second-order valence-electron chi connectivity index (χ2n) is 7.37. The van der Waals surface area contributed by atoms with E-state index in [0.29, 0.717) is 18.4 Å². The minimum Gasteiger partial charge on any atom is -0.415 e. The maximum absolute atomic E-state index is 11.0. The van der Waals surface area contributed by atoms with Gasteiger partial charge >= 0.3 is 0 Å². The number of anilines is 1. The lowest BCUT2D eigenvalue weighted by atomic mass is 9.92. The second kappa shape index (κ2) is 6.93. The first-order valence-corrected chi connectivity index (χ1v) is 11.4. The smallest absolute Gasteiger partial charge is 0.292 e. The highest BCUT2D eigenvalue weighted by Gasteiger charge is 2.32. The lowest BCUT2D eigenvalue weighted by Crippen LogP contribution is -2.49. The van der Waals surface area contributed by atoms with E-state index in [0.717, 1.165) is 5.69 Å². The minimum absolute atomic E-state index is 0.422. The third-order valence-electron chi connectivity index (χ3n) is 4.26. The van der Waals surface area contributed by atoms with Crippen LogP contribution < -0.4 is 4.57 Å². The fraction of sp³-hybridized carbons (Fsp3) is 0.474. The molecule has 0 unspecified atom stereocenters. The molecule has 1 aromatic heterocycles. The Morgan fingerprint density at radius 2 is 1.57 bits per heavy atom. The van der Waals surface area contributed by atoms with Gasteiger partial charge in [-0.3, -0.25) is 0 Å². The predicted octanol–water partition coefficient (Wildman–Crippen LogP) is 4.96. The minimum atomic E-state index is -2.52. The highest BCUT2D eigenvalue weighted by Crippen LogP contribution is 2.37. The molecule has 0 fully saturated rings. The summed E-state index contributed by atoms with van der Waals surface area (Å²) in [7, 11) is -2.52. The summed E-state index contributed by atoms with van der Waals surface area (Å²) in [4.78, 5) is 14.3. The second-order valence-corrected chi connectivity index (χ2v) is 10.9. The van der Waals surface area contributed by atoms with Gasteiger partial charge in [0.15, 0.2) is 0 Å². The van der Waals surface area contributed by atoms with Gasteiger partial charge < -0.3 is 14.3 Å². The van der Waals surface area contributed by atoms with Crippen LogP contribution in [0.25, 0.3) is 0 Å². The van der Waals surface area contributed by atoms with Crippen LogP contribution in [0.1, 0.15) is 56.4 Å². The van der Waals surface area contributed by atoms with Gasteiger partial charge in [-0.25, -0.2) is 0 Å². The van der Waals surface area contributed by atoms with Crippen molar-refractivity contribution in [2.45, 2.75) is 59.2 Å². The van der Waals surface area contributed by atoms with Crippen molar-refractivity contribution < 1.29 is 4.80 Å². The fourth-order valence-corrected chi connectivity index (χ4v) is 4.37. The van der Waals surface area contributed by atoms with Crippen LogP contribution in [0.2, 0.25) is 13.1 Å². The summed E-state index contributed by atoms with van der Waals surface area (Å²) >= 11 is 0. The van der Waals surface area contributed by atoms with Gasteiger partial charge in [-0.1, -0.05) is 45.9 Å². The number of aromatic amines is 1. The van der Waals surface area contributed by atoms with Crippen LogP contribution >= 0.6 is 0 Å². The lowest BCUT2D eigenvalue weighted by Gasteiger charge is -2.38. The standard InChI is InChI=1S/C19H30N2OSi/c1-14(2)17-10-7-11-18(15(3)4)19(17)21(23(5,6)22)13-16-9-8-12-20-16/h7-12,14-15,20,22H,13H2,1-6H3. The van der Waals surface area contributed by atoms with Crippen LogP contribution in [0.5, 0.6) is 0 Å². The van der Waals surface area contributed by atoms with E-state index in [4.69, 9.17) is 0 Å². The molecule has 2 rings (SSSR count). The van der Waals surface area contributed by atoms with Crippen molar-refractivity contribution in [1.82, 2.24) is 4.98 Å². The summed E-state index contributed by atoms with van der Waals surface area (Å²) in [6.45, 7) is 13.6.